The third-order valence-electron chi connectivity index (χ3n) is 1.69. The van der Waals surface area contributed by atoms with Gasteiger partial charge in [0.25, 0.3) is 0 Å². The van der Waals surface area contributed by atoms with Crippen molar-refractivity contribution in [3.8, 4) is 0 Å². The molecule has 0 saturated heterocycles. The van der Waals surface area contributed by atoms with E-state index in [2.05, 4.69) is 0 Å². The summed E-state index contributed by atoms with van der Waals surface area (Å²) >= 11 is 7.31. The predicted octanol–water partition coefficient (Wildman–Crippen LogP) is 2.33. The summed E-state index contributed by atoms with van der Waals surface area (Å²) in [6.07, 6.45) is 1.03. The number of ketones is 1. The van der Waals surface area contributed by atoms with Gasteiger partial charge in [-0.3, -0.25) is 4.79 Å². The van der Waals surface area contributed by atoms with Gasteiger partial charge in [0.1, 0.15) is 0 Å². The molecule has 0 radical (unpaired) electrons. The van der Waals surface area contributed by atoms with Gasteiger partial charge < -0.3 is 0 Å². The second kappa shape index (κ2) is 4.80. The van der Waals surface area contributed by atoms with E-state index in [9.17, 15) is 13.2 Å². The molecule has 0 amide bonds. The van der Waals surface area contributed by atoms with Crippen LogP contribution in [0, 0.1) is 0 Å². The molecule has 15 heavy (non-hydrogen) atoms. The molecule has 6 heteroatoms. The maximum Gasteiger partial charge on any atom is 0.190 e. The van der Waals surface area contributed by atoms with Gasteiger partial charge in [0.15, 0.2) is 18.9 Å². The number of hydrogen-bond acceptors (Lipinski definition) is 3. The number of carbonyl (C=O) groups excluding carboxylic acids is 1. The number of alkyl halides is 1. The highest BCUT2D eigenvalue weighted by molar-refractivity contribution is 14.1. The Balaban J connectivity index is 3.06. The first-order valence-electron chi connectivity index (χ1n) is 3.95. The Kier molecular flexibility index (Phi) is 4.13. The molecule has 1 atom stereocenters. The van der Waals surface area contributed by atoms with Crippen LogP contribution in [0.2, 0.25) is 5.02 Å². The van der Waals surface area contributed by atoms with E-state index in [0.717, 1.165) is 6.26 Å². The fourth-order valence-electron chi connectivity index (χ4n) is 0.967. The molecule has 1 rings (SSSR count). The molecule has 0 aliphatic rings. The van der Waals surface area contributed by atoms with E-state index in [1.54, 1.807) is 40.8 Å². The van der Waals surface area contributed by atoms with Crippen molar-refractivity contribution >= 4 is 49.8 Å². The standard InChI is InChI=1S/C9H8ClIO3S/c1-15(13,14)9(11)8(12)6-3-2-4-7(10)5-6/h2-5,9H,1H3/t9-/m0/s1. The highest BCUT2D eigenvalue weighted by Gasteiger charge is 2.26. The molecule has 0 spiro atoms. The molecular formula is C9H8ClIO3S. The SMILES string of the molecule is CS(=O)(=O)[C@H](I)C(=O)c1cccc(Cl)c1. The Morgan fingerprint density at radius 2 is 2.07 bits per heavy atom. The molecule has 1 aromatic rings. The first-order valence-corrected chi connectivity index (χ1v) is 7.53. The Hall–Kier alpha value is -0.140. The van der Waals surface area contributed by atoms with Gasteiger partial charge in [0, 0.05) is 16.8 Å². The molecule has 0 aliphatic carbocycles. The quantitative estimate of drug-likeness (QED) is 0.473. The van der Waals surface area contributed by atoms with E-state index in [0.29, 0.717) is 10.6 Å². The third kappa shape index (κ3) is 3.42. The lowest BCUT2D eigenvalue weighted by Crippen LogP contribution is -2.23. The number of rotatable bonds is 3. The van der Waals surface area contributed by atoms with Crippen molar-refractivity contribution in [2.75, 3.05) is 6.26 Å². The van der Waals surface area contributed by atoms with E-state index in [1.807, 2.05) is 0 Å². The zero-order chi connectivity index (χ0) is 11.6. The van der Waals surface area contributed by atoms with Crippen LogP contribution in [0.1, 0.15) is 10.4 Å². The van der Waals surface area contributed by atoms with Crippen molar-refractivity contribution in [1.29, 1.82) is 0 Å². The molecule has 3 nitrogen and oxygen atoms in total. The second-order valence-electron chi connectivity index (χ2n) is 3.02. The summed E-state index contributed by atoms with van der Waals surface area (Å²) in [6.45, 7) is 0. The van der Waals surface area contributed by atoms with Crippen LogP contribution in [0.3, 0.4) is 0 Å². The molecule has 82 valence electrons. The van der Waals surface area contributed by atoms with Crippen molar-refractivity contribution in [3.63, 3.8) is 0 Å². The van der Waals surface area contributed by atoms with E-state index in [-0.39, 0.29) is 0 Å². The van der Waals surface area contributed by atoms with Crippen LogP contribution in [0.4, 0.5) is 0 Å². The van der Waals surface area contributed by atoms with Crippen LogP contribution in [0.25, 0.3) is 0 Å². The van der Waals surface area contributed by atoms with Crippen molar-refractivity contribution in [2.45, 2.75) is 3.26 Å². The van der Waals surface area contributed by atoms with Gasteiger partial charge in [-0.25, -0.2) is 8.42 Å². The first-order chi connectivity index (χ1) is 6.82. The van der Waals surface area contributed by atoms with Gasteiger partial charge in [0.05, 0.1) is 0 Å². The molecule has 0 aromatic heterocycles. The van der Waals surface area contributed by atoms with Gasteiger partial charge in [-0.2, -0.15) is 0 Å². The molecule has 0 saturated carbocycles. The number of halogens is 2. The summed E-state index contributed by atoms with van der Waals surface area (Å²) in [5, 5.41) is 0.415. The van der Waals surface area contributed by atoms with Crippen LogP contribution in [0.5, 0.6) is 0 Å². The lowest BCUT2D eigenvalue weighted by molar-refractivity contribution is 0.101. The minimum absolute atomic E-state index is 0.312. The molecule has 1 aromatic carbocycles. The highest BCUT2D eigenvalue weighted by atomic mass is 127. The van der Waals surface area contributed by atoms with E-state index in [1.165, 1.54) is 6.07 Å². The molecule has 0 heterocycles. The number of benzene rings is 1. The zero-order valence-electron chi connectivity index (χ0n) is 7.78. The summed E-state index contributed by atoms with van der Waals surface area (Å²) in [7, 11) is -3.37. The zero-order valence-corrected chi connectivity index (χ0v) is 11.5. The monoisotopic (exact) mass is 358 g/mol. The fourth-order valence-corrected chi connectivity index (χ4v) is 2.04. The van der Waals surface area contributed by atoms with Crippen molar-refractivity contribution < 1.29 is 13.2 Å². The maximum atomic E-state index is 11.7. The van der Waals surface area contributed by atoms with Gasteiger partial charge >= 0.3 is 0 Å². The van der Waals surface area contributed by atoms with E-state index >= 15 is 0 Å². The fraction of sp³-hybridized carbons (Fsp3) is 0.222. The van der Waals surface area contributed by atoms with E-state index in [4.69, 9.17) is 11.6 Å². The van der Waals surface area contributed by atoms with Crippen molar-refractivity contribution in [2.24, 2.45) is 0 Å². The summed E-state index contributed by atoms with van der Waals surface area (Å²) in [4.78, 5) is 11.7. The Labute approximate surface area is 107 Å². The minimum atomic E-state index is -3.37. The number of Topliss-reactive ketones (excluding diaryl/α,β-unsaturated/α-hetero) is 1. The Morgan fingerprint density at radius 3 is 2.53 bits per heavy atom. The van der Waals surface area contributed by atoms with Crippen LogP contribution in [0.15, 0.2) is 24.3 Å². The summed E-state index contributed by atoms with van der Waals surface area (Å²) in [5.41, 5.74) is 0.312. The van der Waals surface area contributed by atoms with Crippen LogP contribution < -0.4 is 0 Å². The lowest BCUT2D eigenvalue weighted by atomic mass is 10.1. The average molecular weight is 359 g/mol. The second-order valence-corrected chi connectivity index (χ2v) is 7.68. The van der Waals surface area contributed by atoms with Gasteiger partial charge in [-0.15, -0.1) is 0 Å². The van der Waals surface area contributed by atoms with E-state index < -0.39 is 18.9 Å². The first kappa shape index (κ1) is 12.9. The summed E-state index contributed by atoms with van der Waals surface area (Å²) < 4.78 is 21.3. The van der Waals surface area contributed by atoms with Crippen LogP contribution in [-0.2, 0) is 9.84 Å². The van der Waals surface area contributed by atoms with Crippen LogP contribution >= 0.6 is 34.2 Å². The smallest absolute Gasteiger partial charge is 0.190 e. The minimum Gasteiger partial charge on any atom is -0.292 e. The summed E-state index contributed by atoms with van der Waals surface area (Å²) in [5.74, 6) is -0.444. The van der Waals surface area contributed by atoms with Gasteiger partial charge in [0.2, 0.25) is 0 Å². The summed E-state index contributed by atoms with van der Waals surface area (Å²) in [6, 6.07) is 6.24. The van der Waals surface area contributed by atoms with Crippen molar-refractivity contribution in [3.05, 3.63) is 34.9 Å². The van der Waals surface area contributed by atoms with Crippen molar-refractivity contribution in [1.82, 2.24) is 0 Å². The Morgan fingerprint density at radius 1 is 1.47 bits per heavy atom. The number of hydrogen-bond donors (Lipinski definition) is 0. The highest BCUT2D eigenvalue weighted by Crippen LogP contribution is 2.18. The molecule has 0 bridgehead atoms. The Bertz CT molecular complexity index is 484. The lowest BCUT2D eigenvalue weighted by Gasteiger charge is -2.06. The largest absolute Gasteiger partial charge is 0.292 e. The molecule has 0 fully saturated rings. The molecule has 0 unspecified atom stereocenters. The van der Waals surface area contributed by atoms with Gasteiger partial charge in [-0.1, -0.05) is 46.3 Å². The predicted molar refractivity (Wildman–Crippen MR) is 68.4 cm³/mol. The molecular weight excluding hydrogens is 351 g/mol. The van der Waals surface area contributed by atoms with Gasteiger partial charge in [-0.05, 0) is 12.1 Å². The molecule has 0 aliphatic heterocycles. The number of carbonyl (C=O) groups is 1. The van der Waals surface area contributed by atoms with Crippen LogP contribution in [-0.4, -0.2) is 23.7 Å². The normalized spacial score (nSPS) is 13.5. The maximum absolute atomic E-state index is 11.7. The molecule has 0 N–H and O–H groups in total. The average Bonchev–Trinajstić information content (AvgIpc) is 2.14. The third-order valence-corrected chi connectivity index (χ3v) is 6.23. The number of sulfone groups is 1. The topological polar surface area (TPSA) is 51.2 Å².